The number of benzene rings is 1. The zero-order valence-electron chi connectivity index (χ0n) is 14.8. The van der Waals surface area contributed by atoms with E-state index < -0.39 is 0 Å². The van der Waals surface area contributed by atoms with Gasteiger partial charge in [-0.05, 0) is 44.2 Å². The number of anilines is 2. The zero-order valence-corrected chi connectivity index (χ0v) is 17.2. The van der Waals surface area contributed by atoms with Crippen molar-refractivity contribution in [2.45, 2.75) is 43.3 Å². The lowest BCUT2D eigenvalue weighted by molar-refractivity contribution is -0.113. The summed E-state index contributed by atoms with van der Waals surface area (Å²) < 4.78 is 2.22. The van der Waals surface area contributed by atoms with Gasteiger partial charge in [-0.1, -0.05) is 41.0 Å². The summed E-state index contributed by atoms with van der Waals surface area (Å²) in [7, 11) is 0. The van der Waals surface area contributed by atoms with Gasteiger partial charge in [0.15, 0.2) is 5.16 Å². The zero-order chi connectivity index (χ0) is 18.8. The average Bonchev–Trinajstić information content (AvgIpc) is 3.43. The minimum Gasteiger partial charge on any atom is -0.341 e. The first kappa shape index (κ1) is 18.9. The van der Waals surface area contributed by atoms with Crippen molar-refractivity contribution in [3.63, 3.8) is 0 Å². The summed E-state index contributed by atoms with van der Waals surface area (Å²) in [5.41, 5.74) is 0.521. The van der Waals surface area contributed by atoms with E-state index in [4.69, 9.17) is 23.2 Å². The molecule has 0 radical (unpaired) electrons. The number of carbonyl (C=O) groups is 1. The molecule has 6 nitrogen and oxygen atoms in total. The highest BCUT2D eigenvalue weighted by atomic mass is 35.5. The lowest BCUT2D eigenvalue weighted by Crippen LogP contribution is -2.32. The van der Waals surface area contributed by atoms with Gasteiger partial charge in [0, 0.05) is 19.1 Å². The molecule has 144 valence electrons. The van der Waals surface area contributed by atoms with Gasteiger partial charge >= 0.3 is 0 Å². The number of hydrogen-bond donors (Lipinski definition) is 1. The molecule has 0 atom stereocenters. The molecule has 2 aromatic rings. The minimum absolute atomic E-state index is 0.144. The van der Waals surface area contributed by atoms with Crippen LogP contribution in [0, 0.1) is 0 Å². The highest BCUT2D eigenvalue weighted by Crippen LogP contribution is 2.41. The van der Waals surface area contributed by atoms with Crippen LogP contribution < -0.4 is 10.2 Å². The number of nitrogens with one attached hydrogen (secondary N) is 1. The van der Waals surface area contributed by atoms with Gasteiger partial charge in [0.1, 0.15) is 0 Å². The molecule has 4 rings (SSSR count). The van der Waals surface area contributed by atoms with Crippen LogP contribution in [0.5, 0.6) is 0 Å². The predicted molar refractivity (Wildman–Crippen MR) is 110 cm³/mol. The van der Waals surface area contributed by atoms with E-state index in [-0.39, 0.29) is 11.7 Å². The van der Waals surface area contributed by atoms with E-state index >= 15 is 0 Å². The number of halogens is 2. The Hall–Kier alpha value is -1.44. The van der Waals surface area contributed by atoms with Gasteiger partial charge in [-0.3, -0.25) is 9.36 Å². The third kappa shape index (κ3) is 4.36. The number of piperidine rings is 1. The molecule has 1 aliphatic carbocycles. The summed E-state index contributed by atoms with van der Waals surface area (Å²) in [5, 5.41) is 13.2. The summed E-state index contributed by atoms with van der Waals surface area (Å²) >= 11 is 13.5. The number of thioether (sulfide) groups is 1. The van der Waals surface area contributed by atoms with E-state index in [9.17, 15) is 4.79 Å². The van der Waals surface area contributed by atoms with Crippen LogP contribution in [-0.4, -0.2) is 39.5 Å². The van der Waals surface area contributed by atoms with Crippen molar-refractivity contribution in [2.75, 3.05) is 29.1 Å². The Labute approximate surface area is 172 Å². The first-order valence-electron chi connectivity index (χ1n) is 9.20. The number of nitrogens with zero attached hydrogens (tertiary/aromatic N) is 4. The summed E-state index contributed by atoms with van der Waals surface area (Å²) in [6.45, 7) is 2.06. The van der Waals surface area contributed by atoms with E-state index in [0.29, 0.717) is 21.8 Å². The summed E-state index contributed by atoms with van der Waals surface area (Å²) in [6, 6.07) is 5.64. The van der Waals surface area contributed by atoms with E-state index in [0.717, 1.165) is 37.0 Å². The molecule has 1 aliphatic heterocycles. The number of amides is 1. The summed E-state index contributed by atoms with van der Waals surface area (Å²) in [6.07, 6.45) is 5.97. The molecule has 0 bridgehead atoms. The first-order valence-corrected chi connectivity index (χ1v) is 10.9. The Morgan fingerprint density at radius 1 is 1.19 bits per heavy atom. The van der Waals surface area contributed by atoms with Crippen LogP contribution in [0.15, 0.2) is 23.4 Å². The van der Waals surface area contributed by atoms with Crippen molar-refractivity contribution < 1.29 is 4.79 Å². The van der Waals surface area contributed by atoms with Crippen LogP contribution in [-0.2, 0) is 4.79 Å². The molecule has 1 aromatic heterocycles. The Bertz CT molecular complexity index is 833. The molecule has 9 heteroatoms. The molecule has 2 heterocycles. The van der Waals surface area contributed by atoms with Gasteiger partial charge in [-0.15, -0.1) is 10.2 Å². The average molecular weight is 426 g/mol. The van der Waals surface area contributed by atoms with Gasteiger partial charge in [0.05, 0.1) is 21.5 Å². The molecular formula is C18H21Cl2N5OS. The lowest BCUT2D eigenvalue weighted by Gasteiger charge is -2.27. The van der Waals surface area contributed by atoms with Crippen molar-refractivity contribution in [3.05, 3.63) is 28.2 Å². The number of rotatable bonds is 6. The highest BCUT2D eigenvalue weighted by Gasteiger charge is 2.32. The standard InChI is InChI=1S/C18H21Cl2N5OS/c19-13-5-4-6-14(16(13)20)21-15(26)11-27-18-23-22-17(25(18)12-7-8-12)24-9-2-1-3-10-24/h4-6,12H,1-3,7-11H2,(H,21,26). The van der Waals surface area contributed by atoms with Crippen LogP contribution in [0.2, 0.25) is 10.0 Å². The monoisotopic (exact) mass is 425 g/mol. The number of hydrogen-bond acceptors (Lipinski definition) is 5. The minimum atomic E-state index is -0.144. The molecule has 0 unspecified atom stereocenters. The first-order chi connectivity index (χ1) is 13.1. The molecule has 1 aromatic carbocycles. The SMILES string of the molecule is O=C(CSc1nnc(N2CCCCC2)n1C1CC1)Nc1cccc(Cl)c1Cl. The molecule has 2 fully saturated rings. The Kier molecular flexibility index (Phi) is 5.80. The maximum atomic E-state index is 12.4. The maximum Gasteiger partial charge on any atom is 0.234 e. The fourth-order valence-corrected chi connectivity index (χ4v) is 4.39. The topological polar surface area (TPSA) is 63.1 Å². The Morgan fingerprint density at radius 2 is 1.96 bits per heavy atom. The van der Waals surface area contributed by atoms with Crippen molar-refractivity contribution >= 4 is 52.5 Å². The van der Waals surface area contributed by atoms with Gasteiger partial charge in [0.2, 0.25) is 11.9 Å². The van der Waals surface area contributed by atoms with E-state index in [1.807, 2.05) is 0 Å². The molecule has 1 saturated carbocycles. The van der Waals surface area contributed by atoms with Crippen LogP contribution in [0.1, 0.15) is 38.1 Å². The second-order valence-electron chi connectivity index (χ2n) is 6.87. The third-order valence-corrected chi connectivity index (χ3v) is 6.52. The van der Waals surface area contributed by atoms with Gasteiger partial charge < -0.3 is 10.2 Å². The maximum absolute atomic E-state index is 12.4. The number of carbonyl (C=O) groups excluding carboxylic acids is 1. The molecule has 1 saturated heterocycles. The second kappa shape index (κ2) is 8.29. The summed E-state index contributed by atoms with van der Waals surface area (Å²) in [5.74, 6) is 1.06. The van der Waals surface area contributed by atoms with E-state index in [1.54, 1.807) is 18.2 Å². The second-order valence-corrected chi connectivity index (χ2v) is 8.60. The summed E-state index contributed by atoms with van der Waals surface area (Å²) in [4.78, 5) is 14.7. The molecule has 1 amide bonds. The van der Waals surface area contributed by atoms with E-state index in [1.165, 1.54) is 31.0 Å². The molecule has 1 N–H and O–H groups in total. The Balaban J connectivity index is 1.43. The van der Waals surface area contributed by atoms with Crippen LogP contribution >= 0.6 is 35.0 Å². The highest BCUT2D eigenvalue weighted by molar-refractivity contribution is 7.99. The largest absolute Gasteiger partial charge is 0.341 e. The van der Waals surface area contributed by atoms with Crippen molar-refractivity contribution in [3.8, 4) is 0 Å². The van der Waals surface area contributed by atoms with Crippen molar-refractivity contribution in [1.82, 2.24) is 14.8 Å². The Morgan fingerprint density at radius 3 is 2.70 bits per heavy atom. The molecular weight excluding hydrogens is 405 g/mol. The fraction of sp³-hybridized carbons (Fsp3) is 0.500. The van der Waals surface area contributed by atoms with Crippen LogP contribution in [0.4, 0.5) is 11.6 Å². The van der Waals surface area contributed by atoms with Crippen LogP contribution in [0.3, 0.4) is 0 Å². The van der Waals surface area contributed by atoms with Gasteiger partial charge in [-0.25, -0.2) is 0 Å². The third-order valence-electron chi connectivity index (χ3n) is 4.76. The fourth-order valence-electron chi connectivity index (χ4n) is 3.25. The van der Waals surface area contributed by atoms with Crippen molar-refractivity contribution in [2.24, 2.45) is 0 Å². The predicted octanol–water partition coefficient (Wildman–Crippen LogP) is 4.64. The smallest absolute Gasteiger partial charge is 0.234 e. The quantitative estimate of drug-likeness (QED) is 0.682. The molecule has 2 aliphatic rings. The number of aromatic nitrogens is 3. The van der Waals surface area contributed by atoms with Crippen LogP contribution in [0.25, 0.3) is 0 Å². The molecule has 27 heavy (non-hydrogen) atoms. The van der Waals surface area contributed by atoms with Gasteiger partial charge in [0.25, 0.3) is 0 Å². The van der Waals surface area contributed by atoms with Crippen molar-refractivity contribution in [1.29, 1.82) is 0 Å². The lowest BCUT2D eigenvalue weighted by atomic mass is 10.1. The molecule has 0 spiro atoms. The van der Waals surface area contributed by atoms with Gasteiger partial charge in [-0.2, -0.15) is 0 Å². The van der Waals surface area contributed by atoms with E-state index in [2.05, 4.69) is 25.0 Å². The normalized spacial score (nSPS) is 17.2.